The highest BCUT2D eigenvalue weighted by atomic mass is 32.1. The fraction of sp³-hybridized carbons (Fsp3) is 0.143. The van der Waals surface area contributed by atoms with Gasteiger partial charge < -0.3 is 10.5 Å². The van der Waals surface area contributed by atoms with E-state index in [4.69, 9.17) is 12.2 Å². The van der Waals surface area contributed by atoms with Gasteiger partial charge in [-0.05, 0) is 0 Å². The van der Waals surface area contributed by atoms with E-state index in [-0.39, 0.29) is 12.3 Å². The highest BCUT2D eigenvalue weighted by molar-refractivity contribution is 7.13. The molecule has 0 fully saturated rings. The summed E-state index contributed by atoms with van der Waals surface area (Å²) in [4.78, 5) is 14.7. The lowest BCUT2D eigenvalue weighted by atomic mass is 10.5. The standard InChI is InChI=1S/C7H6N2O2S/c1-2-3-11-6(10)5-4-12-7(8)9-5/h1,4H,3H2,(H2,8,9). The first kappa shape index (κ1) is 8.56. The number of nitrogens with two attached hydrogens (primary N) is 1. The number of hydrogen-bond acceptors (Lipinski definition) is 5. The molecule has 0 amide bonds. The quantitative estimate of drug-likeness (QED) is 0.534. The second-order valence-electron chi connectivity index (χ2n) is 1.85. The largest absolute Gasteiger partial charge is 0.448 e. The van der Waals surface area contributed by atoms with Crippen LogP contribution in [0.4, 0.5) is 5.13 Å². The van der Waals surface area contributed by atoms with Crippen molar-refractivity contribution in [2.45, 2.75) is 0 Å². The molecule has 0 aliphatic heterocycles. The Hall–Kier alpha value is -1.54. The van der Waals surface area contributed by atoms with Gasteiger partial charge in [0.25, 0.3) is 0 Å². The van der Waals surface area contributed by atoms with Crippen LogP contribution in [0.1, 0.15) is 10.5 Å². The Kier molecular flexibility index (Phi) is 2.66. The van der Waals surface area contributed by atoms with Crippen LogP contribution in [-0.4, -0.2) is 17.6 Å². The van der Waals surface area contributed by atoms with Gasteiger partial charge >= 0.3 is 5.97 Å². The lowest BCUT2D eigenvalue weighted by Crippen LogP contribution is -2.05. The van der Waals surface area contributed by atoms with Gasteiger partial charge in [0.05, 0.1) is 0 Å². The second-order valence-corrected chi connectivity index (χ2v) is 2.74. The van der Waals surface area contributed by atoms with Gasteiger partial charge in [0.15, 0.2) is 17.4 Å². The van der Waals surface area contributed by atoms with Crippen LogP contribution in [0.3, 0.4) is 0 Å². The molecule has 2 N–H and O–H groups in total. The second kappa shape index (κ2) is 3.74. The van der Waals surface area contributed by atoms with E-state index in [1.165, 1.54) is 16.7 Å². The van der Waals surface area contributed by atoms with E-state index in [1.807, 2.05) is 0 Å². The third kappa shape index (κ3) is 1.97. The lowest BCUT2D eigenvalue weighted by molar-refractivity contribution is 0.0551. The van der Waals surface area contributed by atoms with Crippen molar-refractivity contribution in [3.05, 3.63) is 11.1 Å². The van der Waals surface area contributed by atoms with Gasteiger partial charge in [-0.2, -0.15) is 0 Å². The molecule has 4 nitrogen and oxygen atoms in total. The maximum atomic E-state index is 11.0. The minimum Gasteiger partial charge on any atom is -0.448 e. The number of terminal acetylenes is 1. The number of nitrogen functional groups attached to an aromatic ring is 1. The van der Waals surface area contributed by atoms with Gasteiger partial charge in [-0.15, -0.1) is 17.8 Å². The van der Waals surface area contributed by atoms with Crippen LogP contribution in [-0.2, 0) is 4.74 Å². The van der Waals surface area contributed by atoms with Crippen molar-refractivity contribution < 1.29 is 9.53 Å². The smallest absolute Gasteiger partial charge is 0.358 e. The molecule has 0 atom stereocenters. The van der Waals surface area contributed by atoms with Gasteiger partial charge in [-0.25, -0.2) is 9.78 Å². The topological polar surface area (TPSA) is 65.2 Å². The van der Waals surface area contributed by atoms with Crippen LogP contribution >= 0.6 is 11.3 Å². The van der Waals surface area contributed by atoms with Crippen molar-refractivity contribution >= 4 is 22.4 Å². The van der Waals surface area contributed by atoms with Gasteiger partial charge in [-0.1, -0.05) is 5.92 Å². The molecule has 0 radical (unpaired) electrons. The highest BCUT2D eigenvalue weighted by Gasteiger charge is 2.09. The summed E-state index contributed by atoms with van der Waals surface area (Å²) in [6.45, 7) is -0.0454. The summed E-state index contributed by atoms with van der Waals surface area (Å²) in [6.07, 6.45) is 4.89. The number of esters is 1. The molecule has 5 heteroatoms. The zero-order chi connectivity index (χ0) is 8.97. The maximum Gasteiger partial charge on any atom is 0.358 e. The number of aromatic nitrogens is 1. The normalized spacial score (nSPS) is 8.92. The van der Waals surface area contributed by atoms with Crippen molar-refractivity contribution in [1.29, 1.82) is 0 Å². The number of anilines is 1. The predicted molar refractivity (Wildman–Crippen MR) is 45.6 cm³/mol. The number of ether oxygens (including phenoxy) is 1. The zero-order valence-electron chi connectivity index (χ0n) is 6.11. The average Bonchev–Trinajstić information content (AvgIpc) is 2.47. The van der Waals surface area contributed by atoms with Crippen LogP contribution in [0.2, 0.25) is 0 Å². The highest BCUT2D eigenvalue weighted by Crippen LogP contribution is 2.11. The SMILES string of the molecule is C#CCOC(=O)c1csc(N)n1. The Balaban J connectivity index is 2.61. The first-order chi connectivity index (χ1) is 5.74. The molecule has 1 aromatic heterocycles. The number of rotatable bonds is 2. The number of nitrogens with zero attached hydrogens (tertiary/aromatic N) is 1. The molecule has 0 aliphatic carbocycles. The summed E-state index contributed by atoms with van der Waals surface area (Å²) >= 11 is 1.18. The van der Waals surface area contributed by atoms with Gasteiger partial charge in [-0.3, -0.25) is 0 Å². The molecule has 0 saturated heterocycles. The summed E-state index contributed by atoms with van der Waals surface area (Å²) < 4.78 is 4.60. The molecule has 0 aliphatic rings. The van der Waals surface area contributed by atoms with Crippen LogP contribution in [0.15, 0.2) is 5.38 Å². The molecule has 0 unspecified atom stereocenters. The van der Waals surface area contributed by atoms with Crippen LogP contribution < -0.4 is 5.73 Å². The molecular formula is C7H6N2O2S. The number of carbonyl (C=O) groups excluding carboxylic acids is 1. The average molecular weight is 182 g/mol. The van der Waals surface area contributed by atoms with E-state index < -0.39 is 5.97 Å². The summed E-state index contributed by atoms with van der Waals surface area (Å²) in [6, 6.07) is 0. The fourth-order valence-corrected chi connectivity index (χ4v) is 1.09. The lowest BCUT2D eigenvalue weighted by Gasteiger charge is -1.94. The molecule has 0 bridgehead atoms. The van der Waals surface area contributed by atoms with Crippen LogP contribution in [0, 0.1) is 12.3 Å². The molecule has 1 heterocycles. The maximum absolute atomic E-state index is 11.0. The molecule has 0 aromatic carbocycles. The Morgan fingerprint density at radius 1 is 1.92 bits per heavy atom. The molecule has 12 heavy (non-hydrogen) atoms. The van der Waals surface area contributed by atoms with Crippen LogP contribution in [0.25, 0.3) is 0 Å². The first-order valence-corrected chi connectivity index (χ1v) is 3.93. The summed E-state index contributed by atoms with van der Waals surface area (Å²) in [5.74, 6) is 1.64. The Bertz CT molecular complexity index is 326. The third-order valence-corrected chi connectivity index (χ3v) is 1.69. The van der Waals surface area contributed by atoms with Crippen molar-refractivity contribution in [2.24, 2.45) is 0 Å². The monoisotopic (exact) mass is 182 g/mol. The Morgan fingerprint density at radius 3 is 3.17 bits per heavy atom. The van der Waals surface area contributed by atoms with E-state index in [1.54, 1.807) is 0 Å². The summed E-state index contributed by atoms with van der Waals surface area (Å²) in [5, 5.41) is 1.86. The molecule has 0 saturated carbocycles. The molecule has 62 valence electrons. The summed E-state index contributed by atoms with van der Waals surface area (Å²) in [7, 11) is 0. The van der Waals surface area contributed by atoms with E-state index in [9.17, 15) is 4.79 Å². The van der Waals surface area contributed by atoms with E-state index >= 15 is 0 Å². The predicted octanol–water partition coefficient (Wildman–Crippen LogP) is 0.515. The van der Waals surface area contributed by atoms with E-state index in [0.717, 1.165) is 0 Å². The van der Waals surface area contributed by atoms with Crippen molar-refractivity contribution in [3.8, 4) is 12.3 Å². The number of carbonyl (C=O) groups is 1. The van der Waals surface area contributed by atoms with Gasteiger partial charge in [0.2, 0.25) is 0 Å². The van der Waals surface area contributed by atoms with E-state index in [2.05, 4.69) is 15.6 Å². The third-order valence-electron chi connectivity index (χ3n) is 1.02. The minimum atomic E-state index is -0.541. The zero-order valence-corrected chi connectivity index (χ0v) is 6.93. The first-order valence-electron chi connectivity index (χ1n) is 3.05. The van der Waals surface area contributed by atoms with Gasteiger partial charge in [0.1, 0.15) is 0 Å². The van der Waals surface area contributed by atoms with Gasteiger partial charge in [0, 0.05) is 5.38 Å². The summed E-state index contributed by atoms with van der Waals surface area (Å²) in [5.41, 5.74) is 5.51. The van der Waals surface area contributed by atoms with Crippen molar-refractivity contribution in [1.82, 2.24) is 4.98 Å². The Labute approximate surface area is 73.4 Å². The Morgan fingerprint density at radius 2 is 2.67 bits per heavy atom. The molecule has 1 rings (SSSR count). The van der Waals surface area contributed by atoms with E-state index in [0.29, 0.717) is 5.13 Å². The molecule has 1 aromatic rings. The van der Waals surface area contributed by atoms with Crippen LogP contribution in [0.5, 0.6) is 0 Å². The number of hydrogen-bond donors (Lipinski definition) is 1. The minimum absolute atomic E-state index is 0.0454. The molecular weight excluding hydrogens is 176 g/mol. The van der Waals surface area contributed by atoms with Crippen molar-refractivity contribution in [3.63, 3.8) is 0 Å². The molecule has 0 spiro atoms. The fourth-order valence-electron chi connectivity index (χ4n) is 0.563. The number of thiazole rings is 1. The van der Waals surface area contributed by atoms with Crippen molar-refractivity contribution in [2.75, 3.05) is 12.3 Å².